The van der Waals surface area contributed by atoms with Crippen molar-refractivity contribution in [2.24, 2.45) is 5.73 Å². The van der Waals surface area contributed by atoms with Crippen LogP contribution in [0.25, 0.3) is 6.08 Å². The van der Waals surface area contributed by atoms with E-state index >= 15 is 0 Å². The quantitative estimate of drug-likeness (QED) is 0.459. The number of nitrogens with two attached hydrogens (primary N) is 1. The van der Waals surface area contributed by atoms with Gasteiger partial charge in [0.15, 0.2) is 0 Å². The second-order valence-corrected chi connectivity index (χ2v) is 7.36. The Bertz CT molecular complexity index is 986. The van der Waals surface area contributed by atoms with Gasteiger partial charge in [-0.25, -0.2) is 4.39 Å². The zero-order valence-corrected chi connectivity index (χ0v) is 18.5. The van der Waals surface area contributed by atoms with Gasteiger partial charge in [-0.1, -0.05) is 48.6 Å². The molecule has 0 unspecified atom stereocenters. The molecule has 2 atom stereocenters. The largest absolute Gasteiger partial charge is 0.483 e. The maximum Gasteiger partial charge on any atom is 0.290 e. The molecule has 0 saturated carbocycles. The third-order valence-corrected chi connectivity index (χ3v) is 4.96. The molecule has 1 fully saturated rings. The molecular formula is C24H29FN4O4. The number of hydrogen-bond donors (Lipinski definition) is 2. The van der Waals surface area contributed by atoms with Crippen LogP contribution in [0.2, 0.25) is 0 Å². The molecule has 33 heavy (non-hydrogen) atoms. The Morgan fingerprint density at radius 3 is 2.76 bits per heavy atom. The highest BCUT2D eigenvalue weighted by Gasteiger charge is 2.34. The summed E-state index contributed by atoms with van der Waals surface area (Å²) < 4.78 is 19.6. The SMILES string of the molecule is C\C=C/C=C/C=C/c1nnc([C@@H]2CCCN2C(=O)C[C@H](N)Cc2ccccc2F)o1.O=CO. The lowest BCUT2D eigenvalue weighted by Gasteiger charge is -2.23. The molecule has 1 aromatic carbocycles. The number of carbonyl (C=O) groups is 2. The molecular weight excluding hydrogens is 427 g/mol. The molecule has 0 radical (unpaired) electrons. The maximum absolute atomic E-state index is 13.8. The van der Waals surface area contributed by atoms with Gasteiger partial charge in [0.05, 0.1) is 0 Å². The number of carbonyl (C=O) groups excluding carboxylic acids is 1. The van der Waals surface area contributed by atoms with E-state index < -0.39 is 6.04 Å². The van der Waals surface area contributed by atoms with Crippen LogP contribution in [0.4, 0.5) is 4.39 Å². The number of rotatable bonds is 8. The first-order chi connectivity index (χ1) is 16.0. The van der Waals surface area contributed by atoms with Crippen molar-refractivity contribution in [1.82, 2.24) is 15.1 Å². The molecule has 0 spiro atoms. The van der Waals surface area contributed by atoms with Gasteiger partial charge in [0.1, 0.15) is 11.9 Å². The van der Waals surface area contributed by atoms with E-state index in [4.69, 9.17) is 20.1 Å². The fraction of sp³-hybridized carbons (Fsp3) is 0.333. The number of benzene rings is 1. The highest BCUT2D eigenvalue weighted by Crippen LogP contribution is 2.32. The summed E-state index contributed by atoms with van der Waals surface area (Å²) >= 11 is 0. The minimum atomic E-state index is -0.458. The van der Waals surface area contributed by atoms with Crippen molar-refractivity contribution in [1.29, 1.82) is 0 Å². The lowest BCUT2D eigenvalue weighted by Crippen LogP contribution is -2.36. The zero-order chi connectivity index (χ0) is 24.1. The topological polar surface area (TPSA) is 123 Å². The van der Waals surface area contributed by atoms with Gasteiger partial charge >= 0.3 is 0 Å². The molecule has 8 nitrogen and oxygen atoms in total. The van der Waals surface area contributed by atoms with Crippen LogP contribution in [0.3, 0.4) is 0 Å². The van der Waals surface area contributed by atoms with Crippen LogP contribution in [0.5, 0.6) is 0 Å². The number of aromatic nitrogens is 2. The Hall–Kier alpha value is -3.59. The monoisotopic (exact) mass is 456 g/mol. The Labute approximate surface area is 192 Å². The second-order valence-electron chi connectivity index (χ2n) is 7.36. The van der Waals surface area contributed by atoms with Gasteiger partial charge in [0, 0.05) is 25.1 Å². The van der Waals surface area contributed by atoms with Crippen molar-refractivity contribution in [3.05, 3.63) is 77.8 Å². The summed E-state index contributed by atoms with van der Waals surface area (Å²) in [5.41, 5.74) is 6.66. The van der Waals surface area contributed by atoms with Crippen molar-refractivity contribution < 1.29 is 23.5 Å². The Morgan fingerprint density at radius 2 is 2.03 bits per heavy atom. The van der Waals surface area contributed by atoms with Gasteiger partial charge in [0.25, 0.3) is 6.47 Å². The molecule has 2 heterocycles. The molecule has 0 bridgehead atoms. The molecule has 1 aliphatic rings. The average Bonchev–Trinajstić information content (AvgIpc) is 3.45. The predicted molar refractivity (Wildman–Crippen MR) is 122 cm³/mol. The molecule has 1 aliphatic heterocycles. The van der Waals surface area contributed by atoms with Crippen LogP contribution in [-0.4, -0.2) is 45.2 Å². The van der Waals surface area contributed by atoms with E-state index in [1.54, 1.807) is 29.2 Å². The Balaban J connectivity index is 0.00000122. The van der Waals surface area contributed by atoms with E-state index in [1.807, 2.05) is 37.3 Å². The van der Waals surface area contributed by atoms with Gasteiger partial charge in [-0.3, -0.25) is 9.59 Å². The third kappa shape index (κ3) is 8.12. The first kappa shape index (κ1) is 25.7. The molecule has 0 aliphatic carbocycles. The Kier molecular flexibility index (Phi) is 10.7. The summed E-state index contributed by atoms with van der Waals surface area (Å²) in [6.07, 6.45) is 13.2. The molecule has 3 N–H and O–H groups in total. The summed E-state index contributed by atoms with van der Waals surface area (Å²) in [4.78, 5) is 22.9. The van der Waals surface area contributed by atoms with Crippen molar-refractivity contribution in [2.45, 2.75) is 44.7 Å². The molecule has 176 valence electrons. The molecule has 9 heteroatoms. The molecule has 1 saturated heterocycles. The lowest BCUT2D eigenvalue weighted by molar-refractivity contribution is -0.133. The van der Waals surface area contributed by atoms with Crippen molar-refractivity contribution in [3.8, 4) is 0 Å². The number of allylic oxidation sites excluding steroid dienone is 5. The molecule has 1 aromatic heterocycles. The van der Waals surface area contributed by atoms with Gasteiger partial charge < -0.3 is 20.2 Å². The van der Waals surface area contributed by atoms with Crippen LogP contribution in [0, 0.1) is 5.82 Å². The van der Waals surface area contributed by atoms with Crippen LogP contribution in [0.15, 0.2) is 59.1 Å². The fourth-order valence-electron chi connectivity index (χ4n) is 3.51. The summed E-state index contributed by atoms with van der Waals surface area (Å²) in [7, 11) is 0. The van der Waals surface area contributed by atoms with Gasteiger partial charge in [0.2, 0.25) is 17.7 Å². The minimum Gasteiger partial charge on any atom is -0.483 e. The summed E-state index contributed by atoms with van der Waals surface area (Å²) in [5, 5.41) is 15.1. The normalized spacial score (nSPS) is 16.9. The van der Waals surface area contributed by atoms with Gasteiger partial charge in [-0.05, 0) is 37.8 Å². The van der Waals surface area contributed by atoms with Gasteiger partial charge in [-0.2, -0.15) is 0 Å². The van der Waals surface area contributed by atoms with Crippen molar-refractivity contribution in [2.75, 3.05) is 6.54 Å². The minimum absolute atomic E-state index is 0.0779. The van der Waals surface area contributed by atoms with E-state index in [1.165, 1.54) is 6.07 Å². The predicted octanol–water partition coefficient (Wildman–Crippen LogP) is 3.68. The molecule has 3 rings (SSSR count). The van der Waals surface area contributed by atoms with E-state index in [9.17, 15) is 9.18 Å². The number of hydrogen-bond acceptors (Lipinski definition) is 6. The second kappa shape index (κ2) is 13.7. The summed E-state index contributed by atoms with van der Waals surface area (Å²) in [6, 6.07) is 5.79. The first-order valence-electron chi connectivity index (χ1n) is 10.7. The fourth-order valence-corrected chi connectivity index (χ4v) is 3.51. The number of likely N-dealkylation sites (tertiary alicyclic amines) is 1. The van der Waals surface area contributed by atoms with Crippen LogP contribution in [-0.2, 0) is 16.0 Å². The van der Waals surface area contributed by atoms with Crippen LogP contribution >= 0.6 is 0 Å². The standard InChI is InChI=1S/C23H27FN4O2.CH2O2/c1-2-3-4-5-6-13-21-26-27-23(30-21)20-12-9-14-28(20)22(29)16-18(25)15-17-10-7-8-11-19(17)24;2-1-3/h2-8,10-11,13,18,20H,9,12,14-16,25H2,1H3;1H,(H,2,3)/b3-2-,5-4+,13-6+;/t18-,20+;/m1./s1. The Morgan fingerprint density at radius 1 is 1.30 bits per heavy atom. The number of amides is 1. The van der Waals surface area contributed by atoms with E-state index in [2.05, 4.69) is 10.2 Å². The van der Waals surface area contributed by atoms with Crippen molar-refractivity contribution >= 4 is 18.5 Å². The third-order valence-electron chi connectivity index (χ3n) is 4.96. The maximum atomic E-state index is 13.8. The van der Waals surface area contributed by atoms with Crippen molar-refractivity contribution in [3.63, 3.8) is 0 Å². The lowest BCUT2D eigenvalue weighted by atomic mass is 10.0. The van der Waals surface area contributed by atoms with E-state index in [-0.39, 0.29) is 30.7 Å². The van der Waals surface area contributed by atoms with E-state index in [0.717, 1.165) is 12.8 Å². The van der Waals surface area contributed by atoms with Gasteiger partial charge in [-0.15, -0.1) is 10.2 Å². The molecule has 1 amide bonds. The number of halogens is 1. The smallest absolute Gasteiger partial charge is 0.290 e. The first-order valence-corrected chi connectivity index (χ1v) is 10.7. The number of carboxylic acid groups (broad SMARTS) is 1. The highest BCUT2D eigenvalue weighted by atomic mass is 19.1. The summed E-state index contributed by atoms with van der Waals surface area (Å²) in [5.74, 6) is 0.448. The highest BCUT2D eigenvalue weighted by molar-refractivity contribution is 5.77. The van der Waals surface area contributed by atoms with Crippen LogP contribution < -0.4 is 5.73 Å². The molecule has 2 aromatic rings. The van der Waals surface area contributed by atoms with Crippen LogP contribution in [0.1, 0.15) is 49.6 Å². The average molecular weight is 457 g/mol. The number of nitrogens with zero attached hydrogens (tertiary/aromatic N) is 3. The zero-order valence-electron chi connectivity index (χ0n) is 18.5. The summed E-state index contributed by atoms with van der Waals surface area (Å²) in [6.45, 7) is 2.31. The van der Waals surface area contributed by atoms with E-state index in [0.29, 0.717) is 30.3 Å².